The number of ether oxygens (including phenoxy) is 3. The van der Waals surface area contributed by atoms with E-state index in [1.54, 1.807) is 39.5 Å². The summed E-state index contributed by atoms with van der Waals surface area (Å²) in [7, 11) is 4.85. The number of allylic oxidation sites excluding steroid dienone is 1. The first-order valence-corrected chi connectivity index (χ1v) is 12.4. The Labute approximate surface area is 217 Å². The Hall–Kier alpha value is -3.63. The molecule has 0 radical (unpaired) electrons. The maximum atomic E-state index is 12.6. The summed E-state index contributed by atoms with van der Waals surface area (Å²) < 4.78 is 16.5. The van der Waals surface area contributed by atoms with Gasteiger partial charge >= 0.3 is 0 Å². The topological polar surface area (TPSA) is 105 Å². The maximum Gasteiger partial charge on any atom is 0.234 e. The molecule has 2 aromatic carbocycles. The van der Waals surface area contributed by atoms with Gasteiger partial charge in [-0.15, -0.1) is 0 Å². The van der Waals surface area contributed by atoms with Crippen molar-refractivity contribution in [2.24, 2.45) is 0 Å². The number of carbonyl (C=O) groups excluding carboxylic acids is 1. The predicted octanol–water partition coefficient (Wildman–Crippen LogP) is 2.37. The van der Waals surface area contributed by atoms with Crippen LogP contribution in [0.15, 0.2) is 36.0 Å². The normalized spacial score (nSPS) is 15.9. The number of methoxy groups -OCH3 is 3. The van der Waals surface area contributed by atoms with Gasteiger partial charge in [0.2, 0.25) is 11.7 Å². The largest absolute Gasteiger partial charge is 0.508 e. The van der Waals surface area contributed by atoms with E-state index in [4.69, 9.17) is 19.0 Å². The van der Waals surface area contributed by atoms with Crippen molar-refractivity contribution < 1.29 is 28.9 Å². The third kappa shape index (κ3) is 6.20. The van der Waals surface area contributed by atoms with Crippen LogP contribution >= 0.6 is 0 Å². The Bertz CT molecular complexity index is 1140. The number of piperazine rings is 1. The molecule has 0 aliphatic carbocycles. The van der Waals surface area contributed by atoms with Crippen molar-refractivity contribution in [1.82, 2.24) is 20.6 Å². The number of benzene rings is 2. The fourth-order valence-electron chi connectivity index (χ4n) is 4.71. The summed E-state index contributed by atoms with van der Waals surface area (Å²) in [4.78, 5) is 22.6. The molecule has 2 aliphatic heterocycles. The van der Waals surface area contributed by atoms with Gasteiger partial charge in [0.05, 0.1) is 33.6 Å². The molecule has 0 bridgehead atoms. The van der Waals surface area contributed by atoms with Crippen molar-refractivity contribution in [1.29, 1.82) is 0 Å². The smallest absolute Gasteiger partial charge is 0.234 e. The Morgan fingerprint density at radius 2 is 1.76 bits per heavy atom. The predicted molar refractivity (Wildman–Crippen MR) is 140 cm³/mol. The van der Waals surface area contributed by atoms with E-state index in [9.17, 15) is 9.90 Å². The van der Waals surface area contributed by atoms with Crippen molar-refractivity contribution in [2.75, 3.05) is 60.6 Å². The second-order valence-corrected chi connectivity index (χ2v) is 9.13. The lowest BCUT2D eigenvalue weighted by Gasteiger charge is -2.34. The highest BCUT2D eigenvalue weighted by Crippen LogP contribution is 2.40. The van der Waals surface area contributed by atoms with Gasteiger partial charge < -0.3 is 29.5 Å². The molecule has 1 amide bonds. The lowest BCUT2D eigenvalue weighted by atomic mass is 10.0. The first kappa shape index (κ1) is 26.4. The van der Waals surface area contributed by atoms with E-state index >= 15 is 0 Å². The van der Waals surface area contributed by atoms with Crippen LogP contribution in [0.2, 0.25) is 0 Å². The van der Waals surface area contributed by atoms with Crippen LogP contribution in [0.4, 0.5) is 0 Å². The zero-order chi connectivity index (χ0) is 26.4. The number of fused-ring (bicyclic) bond motifs is 1. The Balaban J connectivity index is 1.22. The zero-order valence-corrected chi connectivity index (χ0v) is 21.9. The highest BCUT2D eigenvalue weighted by Gasteiger charge is 2.23. The van der Waals surface area contributed by atoms with Gasteiger partial charge in [0.15, 0.2) is 17.2 Å². The van der Waals surface area contributed by atoms with Crippen molar-refractivity contribution in [3.8, 4) is 28.7 Å². The lowest BCUT2D eigenvalue weighted by Crippen LogP contribution is -2.49. The average Bonchev–Trinajstić information content (AvgIpc) is 2.91. The van der Waals surface area contributed by atoms with Gasteiger partial charge in [-0.2, -0.15) is 0 Å². The van der Waals surface area contributed by atoms with E-state index < -0.39 is 0 Å². The molecule has 10 nitrogen and oxygen atoms in total. The van der Waals surface area contributed by atoms with Crippen molar-refractivity contribution in [3.05, 3.63) is 47.2 Å². The van der Waals surface area contributed by atoms with Crippen LogP contribution in [-0.2, 0) is 11.3 Å². The summed E-state index contributed by atoms with van der Waals surface area (Å²) in [6.07, 6.45) is 0.605. The van der Waals surface area contributed by atoms with Gasteiger partial charge in [0, 0.05) is 56.8 Å². The van der Waals surface area contributed by atoms with Gasteiger partial charge in [0.25, 0.3) is 0 Å². The number of hydroxylamine groups is 1. The van der Waals surface area contributed by atoms with Crippen molar-refractivity contribution in [3.63, 3.8) is 0 Å². The van der Waals surface area contributed by atoms with Crippen LogP contribution in [0, 0.1) is 0 Å². The van der Waals surface area contributed by atoms with Crippen LogP contribution in [0.25, 0.3) is 5.57 Å². The Kier molecular flexibility index (Phi) is 8.62. The number of phenolic OH excluding ortho intramolecular Hbond substituents is 1. The zero-order valence-electron chi connectivity index (χ0n) is 21.9. The van der Waals surface area contributed by atoms with Gasteiger partial charge in [-0.3, -0.25) is 14.6 Å². The van der Waals surface area contributed by atoms with E-state index in [1.165, 1.54) is 0 Å². The minimum Gasteiger partial charge on any atom is -0.508 e. The standard InChI is InChI=1S/C27H36N4O6/c1-18-21-15-20(32)6-8-23(21)37-29-22(18)9-10-28-25(33)17-31-13-11-30(12-14-31)16-19-5-7-24(34-2)27(36-4)26(19)35-3/h5-8,15,29,32H,9-14,16-17H2,1-4H3,(H,28,33). The second kappa shape index (κ2) is 12.1. The molecule has 2 aliphatic rings. The highest BCUT2D eigenvalue weighted by atomic mass is 16.6. The molecule has 2 aromatic rings. The van der Waals surface area contributed by atoms with Crippen LogP contribution in [0.1, 0.15) is 24.5 Å². The first-order valence-electron chi connectivity index (χ1n) is 12.4. The summed E-state index contributed by atoms with van der Waals surface area (Å²) in [6, 6.07) is 8.90. The monoisotopic (exact) mass is 512 g/mol. The minimum atomic E-state index is 0.00281. The molecule has 0 aromatic heterocycles. The Morgan fingerprint density at radius 1 is 1.03 bits per heavy atom. The number of hydrogen-bond donors (Lipinski definition) is 3. The van der Waals surface area contributed by atoms with E-state index in [0.717, 1.165) is 55.1 Å². The molecule has 4 rings (SSSR count). The number of carbonyl (C=O) groups is 1. The summed E-state index contributed by atoms with van der Waals surface area (Å²) >= 11 is 0. The quantitative estimate of drug-likeness (QED) is 0.443. The van der Waals surface area contributed by atoms with E-state index in [0.29, 0.717) is 42.5 Å². The van der Waals surface area contributed by atoms with Crippen molar-refractivity contribution in [2.45, 2.75) is 19.9 Å². The molecular weight excluding hydrogens is 476 g/mol. The lowest BCUT2D eigenvalue weighted by molar-refractivity contribution is -0.122. The molecule has 2 heterocycles. The summed E-state index contributed by atoms with van der Waals surface area (Å²) in [5.74, 6) is 2.80. The maximum absolute atomic E-state index is 12.6. The highest BCUT2D eigenvalue weighted by molar-refractivity contribution is 5.78. The summed E-state index contributed by atoms with van der Waals surface area (Å²) in [5.41, 5.74) is 6.72. The molecular formula is C27H36N4O6. The number of amides is 1. The van der Waals surface area contributed by atoms with Crippen LogP contribution in [0.3, 0.4) is 0 Å². The number of hydrogen-bond acceptors (Lipinski definition) is 9. The van der Waals surface area contributed by atoms with E-state index in [2.05, 4.69) is 20.6 Å². The molecule has 3 N–H and O–H groups in total. The molecule has 1 saturated heterocycles. The molecule has 200 valence electrons. The molecule has 0 spiro atoms. The fourth-order valence-corrected chi connectivity index (χ4v) is 4.71. The van der Waals surface area contributed by atoms with Gasteiger partial charge in [-0.05, 0) is 36.8 Å². The van der Waals surface area contributed by atoms with E-state index in [1.807, 2.05) is 19.1 Å². The average molecular weight is 513 g/mol. The van der Waals surface area contributed by atoms with Crippen LogP contribution < -0.4 is 29.8 Å². The number of rotatable bonds is 10. The van der Waals surface area contributed by atoms with Crippen LogP contribution in [0.5, 0.6) is 28.7 Å². The summed E-state index contributed by atoms with van der Waals surface area (Å²) in [5, 5.41) is 12.8. The van der Waals surface area contributed by atoms with Gasteiger partial charge in [-0.25, -0.2) is 5.48 Å². The molecule has 37 heavy (non-hydrogen) atoms. The number of aromatic hydroxyl groups is 1. The molecule has 0 saturated carbocycles. The molecule has 1 fully saturated rings. The van der Waals surface area contributed by atoms with E-state index in [-0.39, 0.29) is 11.7 Å². The third-order valence-corrected chi connectivity index (χ3v) is 6.81. The number of phenols is 1. The first-order chi connectivity index (χ1) is 17.9. The molecule has 0 unspecified atom stereocenters. The second-order valence-electron chi connectivity index (χ2n) is 9.13. The van der Waals surface area contributed by atoms with Crippen LogP contribution in [-0.4, -0.2) is 81.4 Å². The molecule has 10 heteroatoms. The number of nitrogens with zero attached hydrogens (tertiary/aromatic N) is 2. The summed E-state index contributed by atoms with van der Waals surface area (Å²) in [6.45, 7) is 6.89. The SMILES string of the molecule is COc1ccc(CN2CCN(CC(=O)NCCC3=C(C)c4cc(O)ccc4ON3)CC2)c(OC)c1OC. The molecule has 0 atom stereocenters. The van der Waals surface area contributed by atoms with Gasteiger partial charge in [-0.1, -0.05) is 6.07 Å². The fraction of sp³-hybridized carbons (Fsp3) is 0.444. The Morgan fingerprint density at radius 3 is 2.46 bits per heavy atom. The van der Waals surface area contributed by atoms with Crippen molar-refractivity contribution >= 4 is 11.5 Å². The van der Waals surface area contributed by atoms with Gasteiger partial charge in [0.1, 0.15) is 5.75 Å². The number of nitrogens with one attached hydrogen (secondary N) is 2. The minimum absolute atomic E-state index is 0.00281. The third-order valence-electron chi connectivity index (χ3n) is 6.81.